The Hall–Kier alpha value is -3.91. The number of unbranched alkanes of at least 4 members (excludes halogenated alkanes) is 1. The third-order valence-corrected chi connectivity index (χ3v) is 5.01. The number of nitrogens with one attached hydrogen (secondary N) is 2. The molecule has 3 aromatic rings. The molecule has 0 unspecified atom stereocenters. The maximum absolute atomic E-state index is 12.2. The van der Waals surface area contributed by atoms with Crippen LogP contribution in [0.15, 0.2) is 78.9 Å². The number of esters is 1. The number of carbonyl (C=O) groups is 2. The number of amides is 1. The molecule has 3 aromatic carbocycles. The first-order chi connectivity index (χ1) is 17.0. The molecule has 0 fully saturated rings. The van der Waals surface area contributed by atoms with Crippen molar-refractivity contribution < 1.29 is 23.8 Å². The lowest BCUT2D eigenvalue weighted by Gasteiger charge is -2.11. The van der Waals surface area contributed by atoms with Gasteiger partial charge in [0, 0.05) is 5.69 Å². The van der Waals surface area contributed by atoms with Crippen LogP contribution < -0.4 is 20.1 Å². The van der Waals surface area contributed by atoms with E-state index in [1.165, 1.54) is 0 Å². The second-order valence-electron chi connectivity index (χ2n) is 7.60. The quantitative estimate of drug-likeness (QED) is 0.218. The molecule has 7 nitrogen and oxygen atoms in total. The minimum atomic E-state index is -0.400. The van der Waals surface area contributed by atoms with Crippen LogP contribution in [0.1, 0.15) is 35.7 Å². The van der Waals surface area contributed by atoms with Crippen molar-refractivity contribution in [1.29, 1.82) is 0 Å². The van der Waals surface area contributed by atoms with Crippen LogP contribution >= 0.6 is 12.2 Å². The summed E-state index contributed by atoms with van der Waals surface area (Å²) in [5, 5.41) is 5.59. The molecule has 2 N–H and O–H groups in total. The van der Waals surface area contributed by atoms with Gasteiger partial charge in [-0.05, 0) is 72.7 Å². The zero-order chi connectivity index (χ0) is 24.9. The number of rotatable bonds is 11. The van der Waals surface area contributed by atoms with E-state index >= 15 is 0 Å². The highest BCUT2D eigenvalue weighted by atomic mass is 32.1. The van der Waals surface area contributed by atoms with Gasteiger partial charge in [-0.15, -0.1) is 0 Å². The van der Waals surface area contributed by atoms with E-state index in [9.17, 15) is 9.59 Å². The fourth-order valence-corrected chi connectivity index (χ4v) is 3.16. The fraction of sp³-hybridized carbons (Fsp3) is 0.222. The van der Waals surface area contributed by atoms with E-state index in [1.54, 1.807) is 48.5 Å². The molecule has 0 aliphatic heterocycles. The second-order valence-corrected chi connectivity index (χ2v) is 8.01. The van der Waals surface area contributed by atoms with Gasteiger partial charge in [-0.1, -0.05) is 43.7 Å². The number of anilines is 1. The molecule has 0 atom stereocenters. The number of hydrogen-bond acceptors (Lipinski definition) is 6. The zero-order valence-corrected chi connectivity index (χ0v) is 20.3. The third kappa shape index (κ3) is 9.10. The molecular weight excluding hydrogens is 464 g/mol. The highest BCUT2D eigenvalue weighted by Gasteiger charge is 2.09. The molecule has 0 spiro atoms. The van der Waals surface area contributed by atoms with Crippen molar-refractivity contribution in [2.75, 3.05) is 18.5 Å². The number of benzene rings is 3. The number of ether oxygens (including phenoxy) is 3. The lowest BCUT2D eigenvalue weighted by Crippen LogP contribution is -2.37. The summed E-state index contributed by atoms with van der Waals surface area (Å²) in [7, 11) is 0. The molecule has 0 saturated carbocycles. The molecule has 0 bridgehead atoms. The fourth-order valence-electron chi connectivity index (χ4n) is 2.93. The highest BCUT2D eigenvalue weighted by molar-refractivity contribution is 7.80. The van der Waals surface area contributed by atoms with Crippen molar-refractivity contribution in [3.05, 3.63) is 90.0 Å². The van der Waals surface area contributed by atoms with Crippen molar-refractivity contribution in [3.8, 4) is 11.5 Å². The standard InChI is InChI=1S/C27H28N2O5S/c1-2-3-17-32-26(31)21-9-11-22(12-10-21)28-27(35)29-25(30)19-34-24-15-13-23(14-16-24)33-18-20-7-5-4-6-8-20/h4-16H,2-3,17-19H2,1H3,(H2,28,29,30,35). The van der Waals surface area contributed by atoms with E-state index in [4.69, 9.17) is 26.4 Å². The number of carbonyl (C=O) groups excluding carboxylic acids is 2. The Labute approximate surface area is 210 Å². The Morgan fingerprint density at radius 3 is 2.17 bits per heavy atom. The van der Waals surface area contributed by atoms with Gasteiger partial charge in [0.25, 0.3) is 5.91 Å². The molecule has 0 aliphatic rings. The lowest BCUT2D eigenvalue weighted by molar-refractivity contribution is -0.121. The third-order valence-electron chi connectivity index (χ3n) is 4.80. The van der Waals surface area contributed by atoms with Crippen molar-refractivity contribution in [1.82, 2.24) is 5.32 Å². The van der Waals surface area contributed by atoms with Gasteiger partial charge in [-0.3, -0.25) is 10.1 Å². The average Bonchev–Trinajstić information content (AvgIpc) is 2.88. The van der Waals surface area contributed by atoms with Crippen LogP contribution in [0.2, 0.25) is 0 Å². The Morgan fingerprint density at radius 1 is 0.857 bits per heavy atom. The predicted molar refractivity (Wildman–Crippen MR) is 139 cm³/mol. The summed E-state index contributed by atoms with van der Waals surface area (Å²) in [4.78, 5) is 24.1. The molecule has 182 valence electrons. The summed E-state index contributed by atoms with van der Waals surface area (Å²) in [5.41, 5.74) is 2.16. The molecule has 35 heavy (non-hydrogen) atoms. The normalized spacial score (nSPS) is 10.2. The van der Waals surface area contributed by atoms with Crippen LogP contribution in [0.3, 0.4) is 0 Å². The molecule has 8 heteroatoms. The van der Waals surface area contributed by atoms with Gasteiger partial charge < -0.3 is 19.5 Å². The molecule has 0 aromatic heterocycles. The predicted octanol–water partition coefficient (Wildman–Crippen LogP) is 5.11. The molecule has 0 radical (unpaired) electrons. The Bertz CT molecular complexity index is 1100. The highest BCUT2D eigenvalue weighted by Crippen LogP contribution is 2.18. The summed E-state index contributed by atoms with van der Waals surface area (Å²) in [6, 6.07) is 23.6. The number of thiocarbonyl (C=S) groups is 1. The Morgan fingerprint density at radius 2 is 1.51 bits per heavy atom. The van der Waals surface area contributed by atoms with Crippen molar-refractivity contribution in [2.45, 2.75) is 26.4 Å². The van der Waals surface area contributed by atoms with Crippen LogP contribution in [0.5, 0.6) is 11.5 Å². The van der Waals surface area contributed by atoms with Crippen LogP contribution in [-0.2, 0) is 16.1 Å². The van der Waals surface area contributed by atoms with Crippen LogP contribution in [0.25, 0.3) is 0 Å². The van der Waals surface area contributed by atoms with Crippen molar-refractivity contribution >= 4 is 34.9 Å². The van der Waals surface area contributed by atoms with Gasteiger partial charge in [0.05, 0.1) is 12.2 Å². The van der Waals surface area contributed by atoms with Gasteiger partial charge >= 0.3 is 5.97 Å². The summed E-state index contributed by atoms with van der Waals surface area (Å²) < 4.78 is 16.4. The lowest BCUT2D eigenvalue weighted by atomic mass is 10.2. The van der Waals surface area contributed by atoms with Gasteiger partial charge in [0.1, 0.15) is 18.1 Å². The Kier molecular flexibility index (Phi) is 10.1. The summed E-state index contributed by atoms with van der Waals surface area (Å²) in [6.45, 7) is 2.71. The van der Waals surface area contributed by atoms with E-state index in [2.05, 4.69) is 10.6 Å². The molecule has 3 rings (SSSR count). The molecule has 0 saturated heterocycles. The monoisotopic (exact) mass is 492 g/mol. The second kappa shape index (κ2) is 13.7. The SMILES string of the molecule is CCCCOC(=O)c1ccc(NC(=S)NC(=O)COc2ccc(OCc3ccccc3)cc2)cc1. The zero-order valence-electron chi connectivity index (χ0n) is 19.5. The minimum absolute atomic E-state index is 0.126. The number of hydrogen-bond donors (Lipinski definition) is 2. The molecule has 0 aliphatic carbocycles. The maximum Gasteiger partial charge on any atom is 0.338 e. The smallest absolute Gasteiger partial charge is 0.338 e. The largest absolute Gasteiger partial charge is 0.489 e. The van der Waals surface area contributed by atoms with Crippen molar-refractivity contribution in [2.24, 2.45) is 0 Å². The van der Waals surface area contributed by atoms with E-state index < -0.39 is 5.91 Å². The van der Waals surface area contributed by atoms with Gasteiger partial charge in [-0.25, -0.2) is 4.79 Å². The first-order valence-corrected chi connectivity index (χ1v) is 11.7. The van der Waals surface area contributed by atoms with Crippen LogP contribution in [0, 0.1) is 0 Å². The van der Waals surface area contributed by atoms with E-state index in [0.717, 1.165) is 18.4 Å². The van der Waals surface area contributed by atoms with E-state index in [-0.39, 0.29) is 17.7 Å². The average molecular weight is 493 g/mol. The van der Waals surface area contributed by atoms with E-state index in [1.807, 2.05) is 37.3 Å². The molecule has 1 amide bonds. The molecular formula is C27H28N2O5S. The maximum atomic E-state index is 12.2. The summed E-state index contributed by atoms with van der Waals surface area (Å²) in [6.07, 6.45) is 1.79. The van der Waals surface area contributed by atoms with E-state index in [0.29, 0.717) is 36.0 Å². The van der Waals surface area contributed by atoms with Crippen LogP contribution in [0.4, 0.5) is 5.69 Å². The van der Waals surface area contributed by atoms with Gasteiger partial charge in [0.2, 0.25) is 0 Å². The summed E-state index contributed by atoms with van der Waals surface area (Å²) >= 11 is 5.18. The first-order valence-electron chi connectivity index (χ1n) is 11.3. The van der Waals surface area contributed by atoms with Gasteiger partial charge in [-0.2, -0.15) is 0 Å². The Balaban J connectivity index is 1.37. The first kappa shape index (κ1) is 25.7. The topological polar surface area (TPSA) is 85.9 Å². The minimum Gasteiger partial charge on any atom is -0.489 e. The summed E-state index contributed by atoms with van der Waals surface area (Å²) in [5.74, 6) is 0.473. The van der Waals surface area contributed by atoms with Crippen molar-refractivity contribution in [3.63, 3.8) is 0 Å². The van der Waals surface area contributed by atoms with Gasteiger partial charge in [0.15, 0.2) is 11.7 Å². The molecule has 0 heterocycles. The van der Waals surface area contributed by atoms with Crippen LogP contribution in [-0.4, -0.2) is 30.2 Å².